The molecule has 0 saturated heterocycles. The number of nitrogens with zero attached hydrogens (tertiary/aromatic N) is 2. The van der Waals surface area contributed by atoms with Crippen molar-refractivity contribution in [1.82, 2.24) is 15.0 Å². The summed E-state index contributed by atoms with van der Waals surface area (Å²) in [5.41, 5.74) is 4.29. The van der Waals surface area contributed by atoms with Gasteiger partial charge >= 0.3 is 0 Å². The van der Waals surface area contributed by atoms with E-state index in [0.29, 0.717) is 16.7 Å². The normalized spacial score (nSPS) is 10.5. The van der Waals surface area contributed by atoms with Crippen LogP contribution in [-0.2, 0) is 12.2 Å². The average molecular weight is 291 g/mol. The van der Waals surface area contributed by atoms with E-state index in [9.17, 15) is 4.79 Å². The zero-order valence-corrected chi connectivity index (χ0v) is 12.0. The van der Waals surface area contributed by atoms with Crippen molar-refractivity contribution >= 4 is 17.6 Å². The van der Waals surface area contributed by atoms with Gasteiger partial charge in [-0.15, -0.1) is 0 Å². The van der Waals surface area contributed by atoms with Crippen molar-refractivity contribution in [3.05, 3.63) is 46.0 Å². The average Bonchev–Trinajstić information content (AvgIpc) is 2.45. The minimum Gasteiger partial charge on any atom is -0.308 e. The van der Waals surface area contributed by atoms with Crippen LogP contribution >= 0.6 is 11.8 Å². The van der Waals surface area contributed by atoms with Gasteiger partial charge in [-0.3, -0.25) is 4.79 Å². The molecule has 2 aromatic heterocycles. The number of aryl methyl sites for hydroxylation is 1. The van der Waals surface area contributed by atoms with Crippen molar-refractivity contribution in [1.29, 1.82) is 0 Å². The molecule has 4 N–H and O–H groups in total. The lowest BCUT2D eigenvalue weighted by Gasteiger charge is -2.05. The Morgan fingerprint density at radius 2 is 2.30 bits per heavy atom. The summed E-state index contributed by atoms with van der Waals surface area (Å²) in [6, 6.07) is 5.32. The number of nitrogen functional groups attached to an aromatic ring is 1. The summed E-state index contributed by atoms with van der Waals surface area (Å²) in [6.45, 7) is 2.06. The first-order valence-electron chi connectivity index (χ1n) is 6.36. The maximum atomic E-state index is 11.6. The van der Waals surface area contributed by atoms with Gasteiger partial charge in [0.05, 0.1) is 0 Å². The van der Waals surface area contributed by atoms with Crippen molar-refractivity contribution in [2.75, 3.05) is 5.43 Å². The molecule has 2 aromatic rings. The molecule has 0 fully saturated rings. The number of nitrogens with two attached hydrogens (primary N) is 1. The minimum absolute atomic E-state index is 0.106. The molecule has 0 aliphatic rings. The number of hydrogen-bond acceptors (Lipinski definition) is 6. The maximum Gasteiger partial charge on any atom is 0.251 e. The van der Waals surface area contributed by atoms with Gasteiger partial charge in [0.1, 0.15) is 5.82 Å². The maximum absolute atomic E-state index is 11.6. The molecule has 0 aliphatic heterocycles. The molecule has 0 saturated carbocycles. The Morgan fingerprint density at radius 1 is 1.45 bits per heavy atom. The van der Waals surface area contributed by atoms with Crippen LogP contribution in [0.1, 0.15) is 24.6 Å². The summed E-state index contributed by atoms with van der Waals surface area (Å²) < 4.78 is 0. The molecule has 0 unspecified atom stereocenters. The van der Waals surface area contributed by atoms with E-state index in [1.54, 1.807) is 12.3 Å². The quantitative estimate of drug-likeness (QED) is 0.324. The fraction of sp³-hybridized carbons (Fsp3) is 0.308. The molecule has 0 aromatic carbocycles. The topological polar surface area (TPSA) is 96.7 Å². The highest BCUT2D eigenvalue weighted by Gasteiger charge is 2.03. The number of aromatic nitrogens is 3. The Bertz CT molecular complexity index is 628. The lowest BCUT2D eigenvalue weighted by Crippen LogP contribution is -2.10. The first kappa shape index (κ1) is 14.5. The molecular formula is C13H17N5OS. The number of aromatic amines is 1. The second kappa shape index (κ2) is 7.06. The highest BCUT2D eigenvalue weighted by atomic mass is 32.2. The SMILES string of the molecule is CCCc1cc(=O)[nH]c(SCc2ccnc(NN)c2)n1. The largest absolute Gasteiger partial charge is 0.308 e. The van der Waals surface area contributed by atoms with Gasteiger partial charge in [-0.2, -0.15) is 0 Å². The molecule has 7 heteroatoms. The number of H-pyrrole nitrogens is 1. The van der Waals surface area contributed by atoms with E-state index in [1.165, 1.54) is 11.8 Å². The Balaban J connectivity index is 2.08. The van der Waals surface area contributed by atoms with Gasteiger partial charge in [-0.1, -0.05) is 25.1 Å². The van der Waals surface area contributed by atoms with E-state index in [-0.39, 0.29) is 5.56 Å². The number of nitrogens with one attached hydrogen (secondary N) is 2. The predicted molar refractivity (Wildman–Crippen MR) is 80.5 cm³/mol. The Labute approximate surface area is 121 Å². The van der Waals surface area contributed by atoms with Crippen molar-refractivity contribution in [2.45, 2.75) is 30.7 Å². The number of anilines is 1. The van der Waals surface area contributed by atoms with E-state index in [0.717, 1.165) is 24.1 Å². The van der Waals surface area contributed by atoms with Crippen LogP contribution in [0.15, 0.2) is 34.3 Å². The third-order valence-electron chi connectivity index (χ3n) is 2.63. The molecule has 2 rings (SSSR count). The fourth-order valence-corrected chi connectivity index (χ4v) is 2.57. The van der Waals surface area contributed by atoms with E-state index < -0.39 is 0 Å². The van der Waals surface area contributed by atoms with E-state index in [2.05, 4.69) is 27.3 Å². The van der Waals surface area contributed by atoms with Gasteiger partial charge in [0.25, 0.3) is 5.56 Å². The zero-order valence-electron chi connectivity index (χ0n) is 11.2. The second-order valence-electron chi connectivity index (χ2n) is 4.27. The molecule has 0 aliphatic carbocycles. The van der Waals surface area contributed by atoms with Crippen LogP contribution in [0.2, 0.25) is 0 Å². The third kappa shape index (κ3) is 4.07. The van der Waals surface area contributed by atoms with Crippen LogP contribution in [0.5, 0.6) is 0 Å². The van der Waals surface area contributed by atoms with Gasteiger partial charge in [-0.05, 0) is 24.1 Å². The Hall–Kier alpha value is -1.86. The molecule has 0 atom stereocenters. The van der Waals surface area contributed by atoms with Crippen LogP contribution in [0.4, 0.5) is 5.82 Å². The van der Waals surface area contributed by atoms with Gasteiger partial charge < -0.3 is 10.4 Å². The zero-order chi connectivity index (χ0) is 14.4. The smallest absolute Gasteiger partial charge is 0.251 e. The monoisotopic (exact) mass is 291 g/mol. The molecule has 6 nitrogen and oxygen atoms in total. The van der Waals surface area contributed by atoms with Crippen LogP contribution in [0, 0.1) is 0 Å². The van der Waals surface area contributed by atoms with Crippen molar-refractivity contribution in [3.8, 4) is 0 Å². The lowest BCUT2D eigenvalue weighted by atomic mass is 10.2. The molecular weight excluding hydrogens is 274 g/mol. The van der Waals surface area contributed by atoms with Gasteiger partial charge in [-0.25, -0.2) is 15.8 Å². The van der Waals surface area contributed by atoms with E-state index in [4.69, 9.17) is 5.84 Å². The molecule has 2 heterocycles. The number of rotatable bonds is 6. The summed E-state index contributed by atoms with van der Waals surface area (Å²) in [6.07, 6.45) is 3.47. The molecule has 0 amide bonds. The molecule has 0 radical (unpaired) electrons. The van der Waals surface area contributed by atoms with Crippen LogP contribution in [0.3, 0.4) is 0 Å². The van der Waals surface area contributed by atoms with Crippen molar-refractivity contribution in [3.63, 3.8) is 0 Å². The third-order valence-corrected chi connectivity index (χ3v) is 3.57. The summed E-state index contributed by atoms with van der Waals surface area (Å²) in [4.78, 5) is 22.8. The predicted octanol–water partition coefficient (Wildman–Crippen LogP) is 1.70. The van der Waals surface area contributed by atoms with Crippen molar-refractivity contribution in [2.24, 2.45) is 5.84 Å². The molecule has 0 spiro atoms. The number of hydrazine groups is 1. The number of thioether (sulfide) groups is 1. The summed E-state index contributed by atoms with van der Waals surface area (Å²) in [5, 5.41) is 0.639. The van der Waals surface area contributed by atoms with Gasteiger partial charge in [0.2, 0.25) is 0 Å². The highest BCUT2D eigenvalue weighted by molar-refractivity contribution is 7.98. The van der Waals surface area contributed by atoms with E-state index >= 15 is 0 Å². The Kier molecular flexibility index (Phi) is 5.14. The van der Waals surface area contributed by atoms with E-state index in [1.807, 2.05) is 12.1 Å². The fourth-order valence-electron chi connectivity index (χ4n) is 1.73. The number of pyridine rings is 1. The van der Waals surface area contributed by atoms with Crippen LogP contribution in [0.25, 0.3) is 0 Å². The second-order valence-corrected chi connectivity index (χ2v) is 5.24. The van der Waals surface area contributed by atoms with Gasteiger partial charge in [0, 0.05) is 23.7 Å². The minimum atomic E-state index is -0.106. The molecule has 106 valence electrons. The molecule has 0 bridgehead atoms. The van der Waals surface area contributed by atoms with Crippen LogP contribution in [-0.4, -0.2) is 15.0 Å². The van der Waals surface area contributed by atoms with Crippen molar-refractivity contribution < 1.29 is 0 Å². The lowest BCUT2D eigenvalue weighted by molar-refractivity contribution is 0.816. The summed E-state index contributed by atoms with van der Waals surface area (Å²) in [7, 11) is 0. The first-order chi connectivity index (χ1) is 9.71. The highest BCUT2D eigenvalue weighted by Crippen LogP contribution is 2.19. The summed E-state index contributed by atoms with van der Waals surface area (Å²) >= 11 is 1.48. The van der Waals surface area contributed by atoms with Gasteiger partial charge in [0.15, 0.2) is 5.16 Å². The summed E-state index contributed by atoms with van der Waals surface area (Å²) in [5.74, 6) is 6.63. The van der Waals surface area contributed by atoms with Crippen LogP contribution < -0.4 is 16.8 Å². The molecule has 20 heavy (non-hydrogen) atoms. The Morgan fingerprint density at radius 3 is 3.05 bits per heavy atom. The first-order valence-corrected chi connectivity index (χ1v) is 7.34. The number of hydrogen-bond donors (Lipinski definition) is 3. The standard InChI is InChI=1S/C13H17N5OS/c1-2-3-10-7-12(19)17-13(16-10)20-8-9-4-5-15-11(6-9)18-14/h4-7H,2-3,8,14H2,1H3,(H,15,18)(H,16,17,19).